The fourth-order valence-corrected chi connectivity index (χ4v) is 6.29. The van der Waals surface area contributed by atoms with E-state index < -0.39 is 10.0 Å². The van der Waals surface area contributed by atoms with Crippen LogP contribution >= 0.6 is 22.9 Å². The van der Waals surface area contributed by atoms with Crippen LogP contribution in [0, 0.1) is 13.8 Å². The number of likely N-dealkylation sites (tertiary alicyclic amines) is 1. The third-order valence-corrected chi connectivity index (χ3v) is 7.95. The van der Waals surface area contributed by atoms with E-state index in [9.17, 15) is 13.2 Å². The summed E-state index contributed by atoms with van der Waals surface area (Å²) in [5.41, 5.74) is 1.16. The highest BCUT2D eigenvalue weighted by atomic mass is 35.5. The second kappa shape index (κ2) is 8.60. The van der Waals surface area contributed by atoms with Crippen molar-refractivity contribution in [1.29, 1.82) is 0 Å². The third-order valence-electron chi connectivity index (χ3n) is 5.06. The summed E-state index contributed by atoms with van der Waals surface area (Å²) in [5, 5.41) is 8.37. The monoisotopic (exact) mass is 480 g/mol. The standard InChI is InChI=1S/C20H21ClN4O4S2/c1-12-10-14(21)6-7-15(12)24-31(27,28)17-11-16(30-13(17)2)18-22-23-19(29-18)20(26)25-8-4-3-5-9-25/h6-7,10-11,24H,3-5,8-9H2,1-2H3. The molecular formula is C20H21ClN4O4S2. The molecule has 0 bridgehead atoms. The lowest BCUT2D eigenvalue weighted by Crippen LogP contribution is -2.35. The van der Waals surface area contributed by atoms with Gasteiger partial charge in [-0.3, -0.25) is 9.52 Å². The van der Waals surface area contributed by atoms with E-state index in [1.165, 1.54) is 17.4 Å². The highest BCUT2D eigenvalue weighted by molar-refractivity contribution is 7.93. The number of aromatic nitrogens is 2. The number of hydrogen-bond acceptors (Lipinski definition) is 7. The van der Waals surface area contributed by atoms with Gasteiger partial charge in [0.15, 0.2) is 0 Å². The molecule has 0 spiro atoms. The SMILES string of the molecule is Cc1cc(Cl)ccc1NS(=O)(=O)c1cc(-c2nnc(C(=O)N3CCCCC3)o2)sc1C. The number of anilines is 1. The van der Waals surface area contributed by atoms with Gasteiger partial charge in [0.2, 0.25) is 0 Å². The van der Waals surface area contributed by atoms with Crippen LogP contribution in [-0.2, 0) is 10.0 Å². The Morgan fingerprint density at radius 3 is 2.61 bits per heavy atom. The van der Waals surface area contributed by atoms with Crippen LogP contribution in [0.15, 0.2) is 33.6 Å². The van der Waals surface area contributed by atoms with E-state index in [-0.39, 0.29) is 22.6 Å². The Morgan fingerprint density at radius 1 is 1.16 bits per heavy atom. The average molecular weight is 481 g/mol. The van der Waals surface area contributed by atoms with Crippen molar-refractivity contribution in [2.75, 3.05) is 17.8 Å². The van der Waals surface area contributed by atoms with Crippen LogP contribution < -0.4 is 4.72 Å². The molecule has 3 heterocycles. The average Bonchev–Trinajstić information content (AvgIpc) is 3.37. The molecule has 8 nitrogen and oxygen atoms in total. The first-order chi connectivity index (χ1) is 14.7. The Morgan fingerprint density at radius 2 is 1.90 bits per heavy atom. The van der Waals surface area contributed by atoms with Gasteiger partial charge in [0.25, 0.3) is 15.9 Å². The van der Waals surface area contributed by atoms with Crippen molar-refractivity contribution >= 4 is 44.6 Å². The second-order valence-corrected chi connectivity index (χ2v) is 10.7. The zero-order chi connectivity index (χ0) is 22.2. The van der Waals surface area contributed by atoms with Gasteiger partial charge in [0.05, 0.1) is 10.6 Å². The van der Waals surface area contributed by atoms with Gasteiger partial charge < -0.3 is 9.32 Å². The molecule has 11 heteroatoms. The van der Waals surface area contributed by atoms with E-state index in [1.54, 1.807) is 36.9 Å². The Labute approximate surface area is 189 Å². The molecule has 1 aromatic carbocycles. The van der Waals surface area contributed by atoms with Crippen molar-refractivity contribution in [3.8, 4) is 10.8 Å². The van der Waals surface area contributed by atoms with Gasteiger partial charge in [-0.2, -0.15) is 0 Å². The van der Waals surface area contributed by atoms with Crippen LogP contribution in [0.3, 0.4) is 0 Å². The minimum Gasteiger partial charge on any atom is -0.411 e. The molecule has 1 aliphatic rings. The molecule has 2 aromatic heterocycles. The van der Waals surface area contributed by atoms with Crippen molar-refractivity contribution in [3.05, 3.63) is 45.6 Å². The van der Waals surface area contributed by atoms with Gasteiger partial charge in [-0.1, -0.05) is 11.6 Å². The lowest BCUT2D eigenvalue weighted by molar-refractivity contribution is 0.0684. The zero-order valence-electron chi connectivity index (χ0n) is 17.0. The van der Waals surface area contributed by atoms with Crippen molar-refractivity contribution < 1.29 is 17.6 Å². The summed E-state index contributed by atoms with van der Waals surface area (Å²) in [4.78, 5) is 15.4. The van der Waals surface area contributed by atoms with E-state index in [4.69, 9.17) is 16.0 Å². The number of piperidine rings is 1. The fraction of sp³-hybridized carbons (Fsp3) is 0.350. The topological polar surface area (TPSA) is 105 Å². The largest absolute Gasteiger partial charge is 0.411 e. The van der Waals surface area contributed by atoms with Crippen LogP contribution in [0.4, 0.5) is 5.69 Å². The minimum atomic E-state index is -3.84. The summed E-state index contributed by atoms with van der Waals surface area (Å²) in [5.74, 6) is -0.251. The first kappa shape index (κ1) is 21.8. The maximum Gasteiger partial charge on any atom is 0.311 e. The molecule has 1 amide bonds. The predicted octanol–water partition coefficient (Wildman–Crippen LogP) is 4.50. The van der Waals surface area contributed by atoms with Crippen molar-refractivity contribution in [1.82, 2.24) is 15.1 Å². The highest BCUT2D eigenvalue weighted by Crippen LogP contribution is 2.34. The number of carbonyl (C=O) groups excluding carboxylic acids is 1. The maximum atomic E-state index is 13.0. The number of thiophene rings is 1. The molecule has 0 atom stereocenters. The van der Waals surface area contributed by atoms with Crippen molar-refractivity contribution in [2.24, 2.45) is 0 Å². The number of amides is 1. The number of hydrogen-bond donors (Lipinski definition) is 1. The number of nitrogens with one attached hydrogen (secondary N) is 1. The molecule has 4 rings (SSSR count). The Kier molecular flexibility index (Phi) is 6.05. The van der Waals surface area contributed by atoms with Gasteiger partial charge in [-0.15, -0.1) is 21.5 Å². The number of carbonyl (C=O) groups is 1. The summed E-state index contributed by atoms with van der Waals surface area (Å²) in [7, 11) is -3.84. The number of aryl methyl sites for hydroxylation is 2. The molecule has 1 aliphatic heterocycles. The molecule has 164 valence electrons. The highest BCUT2D eigenvalue weighted by Gasteiger charge is 2.26. The van der Waals surface area contributed by atoms with E-state index in [1.807, 2.05) is 0 Å². The van der Waals surface area contributed by atoms with Gasteiger partial charge in [-0.05, 0) is 62.9 Å². The number of halogens is 1. The van der Waals surface area contributed by atoms with Gasteiger partial charge >= 0.3 is 11.8 Å². The summed E-state index contributed by atoms with van der Waals surface area (Å²) in [6.45, 7) is 4.82. The minimum absolute atomic E-state index is 0.0812. The van der Waals surface area contributed by atoms with E-state index in [2.05, 4.69) is 14.9 Å². The molecule has 3 aromatic rings. The number of nitrogens with zero attached hydrogens (tertiary/aromatic N) is 3. The molecule has 1 fully saturated rings. The fourth-order valence-electron chi connectivity index (χ4n) is 3.42. The Balaban J connectivity index is 1.57. The normalized spacial score (nSPS) is 14.6. The van der Waals surface area contributed by atoms with Crippen LogP contribution in [0.5, 0.6) is 0 Å². The Bertz CT molecular complexity index is 1230. The van der Waals surface area contributed by atoms with Crippen LogP contribution in [0.2, 0.25) is 5.02 Å². The summed E-state index contributed by atoms with van der Waals surface area (Å²) in [6, 6.07) is 6.41. The zero-order valence-corrected chi connectivity index (χ0v) is 19.4. The number of rotatable bonds is 5. The van der Waals surface area contributed by atoms with Crippen molar-refractivity contribution in [3.63, 3.8) is 0 Å². The van der Waals surface area contributed by atoms with Crippen LogP contribution in [0.1, 0.15) is 40.4 Å². The van der Waals surface area contributed by atoms with Crippen molar-refractivity contribution in [2.45, 2.75) is 38.0 Å². The molecule has 0 radical (unpaired) electrons. The molecule has 1 N–H and O–H groups in total. The molecular weight excluding hydrogens is 460 g/mol. The van der Waals surface area contributed by atoms with E-state index >= 15 is 0 Å². The number of benzene rings is 1. The quantitative estimate of drug-likeness (QED) is 0.576. The first-order valence-corrected chi connectivity index (χ1v) is 12.4. The lowest BCUT2D eigenvalue weighted by Gasteiger charge is -2.24. The first-order valence-electron chi connectivity index (χ1n) is 9.77. The van der Waals surface area contributed by atoms with Crippen LogP contribution in [-0.4, -0.2) is 42.5 Å². The smallest absolute Gasteiger partial charge is 0.311 e. The van der Waals surface area contributed by atoms with E-state index in [0.29, 0.717) is 39.1 Å². The molecule has 0 unspecified atom stereocenters. The van der Waals surface area contributed by atoms with Crippen LogP contribution in [0.25, 0.3) is 10.8 Å². The summed E-state index contributed by atoms with van der Waals surface area (Å²) in [6.07, 6.45) is 3.02. The number of sulfonamides is 1. The molecule has 31 heavy (non-hydrogen) atoms. The summed E-state index contributed by atoms with van der Waals surface area (Å²) >= 11 is 7.16. The lowest BCUT2D eigenvalue weighted by atomic mass is 10.1. The van der Waals surface area contributed by atoms with Gasteiger partial charge in [-0.25, -0.2) is 8.42 Å². The van der Waals surface area contributed by atoms with Gasteiger partial charge in [0, 0.05) is 23.0 Å². The second-order valence-electron chi connectivity index (χ2n) is 7.36. The Hall–Kier alpha value is -2.43. The van der Waals surface area contributed by atoms with Gasteiger partial charge in [0.1, 0.15) is 4.90 Å². The molecule has 0 saturated carbocycles. The molecule has 0 aliphatic carbocycles. The molecule has 1 saturated heterocycles. The predicted molar refractivity (Wildman–Crippen MR) is 119 cm³/mol. The maximum absolute atomic E-state index is 13.0. The van der Waals surface area contributed by atoms with E-state index in [0.717, 1.165) is 19.3 Å². The third kappa shape index (κ3) is 4.60. The summed E-state index contributed by atoms with van der Waals surface area (Å²) < 4.78 is 34.1.